The normalized spacial score (nSPS) is 15.0. The fourth-order valence-electron chi connectivity index (χ4n) is 4.67. The summed E-state index contributed by atoms with van der Waals surface area (Å²) in [7, 11) is -0.944. The van der Waals surface area contributed by atoms with Crippen LogP contribution in [0.15, 0.2) is 84.2 Å². The molecule has 0 fully saturated rings. The number of rotatable bonds is 7. The molecule has 2 aromatic carbocycles. The molecule has 2 aromatic heterocycles. The van der Waals surface area contributed by atoms with Crippen LogP contribution in [0.4, 0.5) is 4.39 Å². The van der Waals surface area contributed by atoms with Crippen LogP contribution in [0.25, 0.3) is 28.0 Å². The van der Waals surface area contributed by atoms with Gasteiger partial charge in [0.1, 0.15) is 5.82 Å². The Labute approximate surface area is 218 Å². The molecule has 0 aliphatic carbocycles. The number of benzene rings is 2. The second kappa shape index (κ2) is 10.9. The minimum Gasteiger partial charge on any atom is -0.360 e. The van der Waals surface area contributed by atoms with Gasteiger partial charge in [0.25, 0.3) is 0 Å². The third-order valence-corrected chi connectivity index (χ3v) is 7.89. The van der Waals surface area contributed by atoms with E-state index in [-0.39, 0.29) is 5.02 Å². The standard InChI is InChI=1S/C29H27ClFN3OS/c1-36(35)24-5-2-20(3-6-24)10-15-34-16-11-21(12-17-34)25-19-33-29(23-4-7-27(31)26(30)18-23)28(25)22-8-13-32-14-9-22/h2-9,11,13-14,18-19,33H,10,12,15-17H2,1H3. The Balaban J connectivity index is 1.36. The molecule has 1 aliphatic rings. The van der Waals surface area contributed by atoms with E-state index in [4.69, 9.17) is 11.6 Å². The molecule has 36 heavy (non-hydrogen) atoms. The van der Waals surface area contributed by atoms with Crippen LogP contribution in [-0.4, -0.2) is 45.0 Å². The van der Waals surface area contributed by atoms with Crippen molar-refractivity contribution in [3.05, 3.63) is 101 Å². The highest BCUT2D eigenvalue weighted by atomic mass is 35.5. The predicted molar refractivity (Wildman–Crippen MR) is 146 cm³/mol. The van der Waals surface area contributed by atoms with Crippen LogP contribution in [0, 0.1) is 5.82 Å². The third kappa shape index (κ3) is 5.36. The van der Waals surface area contributed by atoms with Gasteiger partial charge in [-0.15, -0.1) is 0 Å². The number of hydrogen-bond acceptors (Lipinski definition) is 3. The van der Waals surface area contributed by atoms with Crippen LogP contribution >= 0.6 is 11.6 Å². The predicted octanol–water partition coefficient (Wildman–Crippen LogP) is 6.61. The molecule has 1 aliphatic heterocycles. The van der Waals surface area contributed by atoms with Crippen molar-refractivity contribution in [3.8, 4) is 22.4 Å². The van der Waals surface area contributed by atoms with Gasteiger partial charge in [-0.2, -0.15) is 0 Å². The van der Waals surface area contributed by atoms with Crippen molar-refractivity contribution in [3.63, 3.8) is 0 Å². The molecule has 0 saturated heterocycles. The molecule has 0 radical (unpaired) electrons. The lowest BCUT2D eigenvalue weighted by molar-refractivity contribution is 0.306. The van der Waals surface area contributed by atoms with Crippen LogP contribution in [-0.2, 0) is 17.2 Å². The molecular weight excluding hydrogens is 493 g/mol. The summed E-state index contributed by atoms with van der Waals surface area (Å²) in [5.41, 5.74) is 7.59. The summed E-state index contributed by atoms with van der Waals surface area (Å²) in [6.45, 7) is 2.83. The van der Waals surface area contributed by atoms with Gasteiger partial charge in [-0.25, -0.2) is 4.39 Å². The van der Waals surface area contributed by atoms with Gasteiger partial charge in [-0.3, -0.25) is 14.1 Å². The maximum Gasteiger partial charge on any atom is 0.141 e. The number of aromatic amines is 1. The number of H-pyrrole nitrogens is 1. The van der Waals surface area contributed by atoms with Crippen LogP contribution in [0.3, 0.4) is 0 Å². The Morgan fingerprint density at radius 3 is 2.53 bits per heavy atom. The highest BCUT2D eigenvalue weighted by Crippen LogP contribution is 2.40. The number of nitrogens with one attached hydrogen (secondary N) is 1. The largest absolute Gasteiger partial charge is 0.360 e. The first-order valence-corrected chi connectivity index (χ1v) is 13.8. The molecule has 1 N–H and O–H groups in total. The second-order valence-electron chi connectivity index (χ2n) is 8.95. The Kier molecular flexibility index (Phi) is 7.46. The van der Waals surface area contributed by atoms with Crippen molar-refractivity contribution in [2.45, 2.75) is 17.7 Å². The summed E-state index contributed by atoms with van der Waals surface area (Å²) < 4.78 is 25.4. The molecule has 0 bridgehead atoms. The van der Waals surface area contributed by atoms with Crippen molar-refractivity contribution in [2.75, 3.05) is 25.9 Å². The van der Waals surface area contributed by atoms with E-state index in [9.17, 15) is 8.60 Å². The quantitative estimate of drug-likeness (QED) is 0.299. The Hall–Kier alpha value is -3.06. The molecule has 7 heteroatoms. The van der Waals surface area contributed by atoms with Gasteiger partial charge in [0.05, 0.1) is 10.7 Å². The highest BCUT2D eigenvalue weighted by molar-refractivity contribution is 7.84. The van der Waals surface area contributed by atoms with Crippen molar-refractivity contribution in [1.29, 1.82) is 0 Å². The first-order valence-electron chi connectivity index (χ1n) is 11.9. The summed E-state index contributed by atoms with van der Waals surface area (Å²) >= 11 is 6.10. The zero-order valence-corrected chi connectivity index (χ0v) is 21.6. The van der Waals surface area contributed by atoms with E-state index < -0.39 is 16.6 Å². The molecule has 0 amide bonds. The number of aromatic nitrogens is 2. The van der Waals surface area contributed by atoms with Crippen molar-refractivity contribution >= 4 is 28.0 Å². The van der Waals surface area contributed by atoms with E-state index in [0.717, 1.165) is 65.3 Å². The molecule has 3 heterocycles. The molecule has 0 spiro atoms. The van der Waals surface area contributed by atoms with E-state index in [1.807, 2.05) is 30.5 Å². The highest BCUT2D eigenvalue weighted by Gasteiger charge is 2.21. The Morgan fingerprint density at radius 1 is 1.08 bits per heavy atom. The molecule has 4 nitrogen and oxygen atoms in total. The smallest absolute Gasteiger partial charge is 0.141 e. The topological polar surface area (TPSA) is 49.0 Å². The van der Waals surface area contributed by atoms with Gasteiger partial charge in [0.15, 0.2) is 0 Å². The Morgan fingerprint density at radius 2 is 1.86 bits per heavy atom. The summed E-state index contributed by atoms with van der Waals surface area (Å²) in [4.78, 5) is 10.9. The fourth-order valence-corrected chi connectivity index (χ4v) is 5.37. The van der Waals surface area contributed by atoms with Gasteiger partial charge >= 0.3 is 0 Å². The molecule has 0 saturated carbocycles. The molecule has 1 atom stereocenters. The number of pyridine rings is 1. The van der Waals surface area contributed by atoms with E-state index in [1.54, 1.807) is 30.8 Å². The van der Waals surface area contributed by atoms with Crippen LogP contribution in [0.2, 0.25) is 5.02 Å². The average molecular weight is 520 g/mol. The first kappa shape index (κ1) is 24.6. The minimum absolute atomic E-state index is 0.106. The lowest BCUT2D eigenvalue weighted by Gasteiger charge is -2.26. The van der Waals surface area contributed by atoms with Gasteiger partial charge in [0.2, 0.25) is 0 Å². The van der Waals surface area contributed by atoms with Crippen molar-refractivity contribution in [2.24, 2.45) is 0 Å². The SMILES string of the molecule is CS(=O)c1ccc(CCN2CC=C(c3c[nH]c(-c4ccc(F)c(Cl)c4)c3-c3ccncc3)CC2)cc1. The molecule has 5 rings (SSSR count). The van der Waals surface area contributed by atoms with Gasteiger partial charge in [0, 0.05) is 76.9 Å². The van der Waals surface area contributed by atoms with Crippen LogP contribution in [0.5, 0.6) is 0 Å². The van der Waals surface area contributed by atoms with Crippen molar-refractivity contribution < 1.29 is 8.60 Å². The molecule has 1 unspecified atom stereocenters. The lowest BCUT2D eigenvalue weighted by atomic mass is 9.92. The second-order valence-corrected chi connectivity index (χ2v) is 10.7. The van der Waals surface area contributed by atoms with Crippen LogP contribution < -0.4 is 0 Å². The average Bonchev–Trinajstić information content (AvgIpc) is 3.35. The monoisotopic (exact) mass is 519 g/mol. The third-order valence-electron chi connectivity index (χ3n) is 6.67. The zero-order valence-electron chi connectivity index (χ0n) is 20.0. The van der Waals surface area contributed by atoms with E-state index in [1.165, 1.54) is 17.2 Å². The number of hydrogen-bond donors (Lipinski definition) is 1. The molecule has 184 valence electrons. The zero-order chi connectivity index (χ0) is 25.1. The maximum absolute atomic E-state index is 13.8. The maximum atomic E-state index is 13.8. The molecular formula is C29H27ClFN3OS. The number of nitrogens with zero attached hydrogens (tertiary/aromatic N) is 2. The summed E-state index contributed by atoms with van der Waals surface area (Å²) in [5, 5.41) is 0.106. The van der Waals surface area contributed by atoms with E-state index >= 15 is 0 Å². The summed E-state index contributed by atoms with van der Waals surface area (Å²) in [6, 6.07) is 16.9. The summed E-state index contributed by atoms with van der Waals surface area (Å²) in [6.07, 6.45) is 11.5. The summed E-state index contributed by atoms with van der Waals surface area (Å²) in [5.74, 6) is -0.427. The van der Waals surface area contributed by atoms with Crippen LogP contribution in [0.1, 0.15) is 17.5 Å². The fraction of sp³-hybridized carbons (Fsp3) is 0.207. The van der Waals surface area contributed by atoms with E-state index in [0.29, 0.717) is 0 Å². The minimum atomic E-state index is -0.944. The van der Waals surface area contributed by atoms with E-state index in [2.05, 4.69) is 33.1 Å². The van der Waals surface area contributed by atoms with Gasteiger partial charge in [-0.1, -0.05) is 29.8 Å². The van der Waals surface area contributed by atoms with Crippen molar-refractivity contribution in [1.82, 2.24) is 14.9 Å². The van der Waals surface area contributed by atoms with Gasteiger partial charge in [-0.05, 0) is 72.0 Å². The lowest BCUT2D eigenvalue weighted by Crippen LogP contribution is -2.30. The van der Waals surface area contributed by atoms with Gasteiger partial charge < -0.3 is 4.98 Å². The number of halogens is 2. The molecule has 4 aromatic rings. The Bertz CT molecular complexity index is 1420. The first-order chi connectivity index (χ1) is 17.5.